The molecule has 1 atom stereocenters. The van der Waals surface area contributed by atoms with Gasteiger partial charge in [0, 0.05) is 0 Å². The highest BCUT2D eigenvalue weighted by Crippen LogP contribution is 2.10. The second kappa shape index (κ2) is 4.61. The van der Waals surface area contributed by atoms with E-state index in [9.17, 15) is 0 Å². The maximum atomic E-state index is 5.48. The van der Waals surface area contributed by atoms with E-state index in [0.717, 1.165) is 0 Å². The average molecular weight is 184 g/mol. The van der Waals surface area contributed by atoms with Gasteiger partial charge >= 0.3 is 0 Å². The molecule has 0 aromatic carbocycles. The Morgan fingerprint density at radius 2 is 2.31 bits per heavy atom. The van der Waals surface area contributed by atoms with Crippen LogP contribution in [0.3, 0.4) is 0 Å². The summed E-state index contributed by atoms with van der Waals surface area (Å²) in [5.41, 5.74) is -0.513. The summed E-state index contributed by atoms with van der Waals surface area (Å²) >= 11 is 0. The van der Waals surface area contributed by atoms with Crippen LogP contribution in [0.2, 0.25) is 0 Å². The van der Waals surface area contributed by atoms with Gasteiger partial charge in [-0.25, -0.2) is 0 Å². The number of rotatable bonds is 3. The molecule has 0 saturated carbocycles. The van der Waals surface area contributed by atoms with Crippen LogP contribution in [0.1, 0.15) is 13.8 Å². The molecule has 1 saturated heterocycles. The predicted molar refractivity (Wildman–Crippen MR) is 49.4 cm³/mol. The molecule has 0 N–H and O–H groups in total. The SMILES string of the molecule is C#CC(C)(C)OCC1COCCO1. The molecule has 0 aromatic heterocycles. The molecule has 0 aromatic rings. The molecule has 1 aliphatic rings. The van der Waals surface area contributed by atoms with Crippen LogP contribution in [-0.4, -0.2) is 38.1 Å². The van der Waals surface area contributed by atoms with Crippen molar-refractivity contribution in [1.82, 2.24) is 0 Å². The van der Waals surface area contributed by atoms with Crippen molar-refractivity contribution in [3.63, 3.8) is 0 Å². The van der Waals surface area contributed by atoms with Crippen LogP contribution in [0.4, 0.5) is 0 Å². The Bertz CT molecular complexity index is 187. The maximum Gasteiger partial charge on any atom is 0.122 e. The van der Waals surface area contributed by atoms with Crippen molar-refractivity contribution >= 4 is 0 Å². The molecule has 1 fully saturated rings. The third-order valence-corrected chi connectivity index (χ3v) is 1.86. The quantitative estimate of drug-likeness (QED) is 0.608. The average Bonchev–Trinajstić information content (AvgIpc) is 2.17. The van der Waals surface area contributed by atoms with E-state index in [1.807, 2.05) is 13.8 Å². The Labute approximate surface area is 79.4 Å². The molecule has 1 rings (SSSR count). The van der Waals surface area contributed by atoms with Crippen LogP contribution in [0.5, 0.6) is 0 Å². The zero-order chi connectivity index (χ0) is 9.73. The molecule has 0 radical (unpaired) electrons. The third-order valence-electron chi connectivity index (χ3n) is 1.86. The highest BCUT2D eigenvalue weighted by Gasteiger charge is 2.20. The van der Waals surface area contributed by atoms with E-state index in [4.69, 9.17) is 20.6 Å². The lowest BCUT2D eigenvalue weighted by Gasteiger charge is -2.26. The zero-order valence-electron chi connectivity index (χ0n) is 8.21. The van der Waals surface area contributed by atoms with Crippen molar-refractivity contribution in [3.05, 3.63) is 0 Å². The molecule has 1 unspecified atom stereocenters. The Morgan fingerprint density at radius 3 is 2.85 bits per heavy atom. The first-order chi connectivity index (χ1) is 6.14. The fourth-order valence-corrected chi connectivity index (χ4v) is 0.976. The topological polar surface area (TPSA) is 27.7 Å². The maximum absolute atomic E-state index is 5.48. The summed E-state index contributed by atoms with van der Waals surface area (Å²) in [6, 6.07) is 0. The van der Waals surface area contributed by atoms with Crippen molar-refractivity contribution in [1.29, 1.82) is 0 Å². The molecule has 1 heterocycles. The van der Waals surface area contributed by atoms with Gasteiger partial charge in [-0.1, -0.05) is 5.92 Å². The van der Waals surface area contributed by atoms with Gasteiger partial charge in [-0.05, 0) is 13.8 Å². The van der Waals surface area contributed by atoms with Crippen LogP contribution in [0.15, 0.2) is 0 Å². The second-order valence-electron chi connectivity index (χ2n) is 3.53. The lowest BCUT2D eigenvalue weighted by molar-refractivity contribution is -0.130. The molecule has 3 heteroatoms. The van der Waals surface area contributed by atoms with Crippen molar-refractivity contribution in [2.45, 2.75) is 25.6 Å². The lowest BCUT2D eigenvalue weighted by Crippen LogP contribution is -2.36. The van der Waals surface area contributed by atoms with E-state index >= 15 is 0 Å². The Kier molecular flexibility index (Phi) is 3.73. The van der Waals surface area contributed by atoms with E-state index in [1.54, 1.807) is 0 Å². The summed E-state index contributed by atoms with van der Waals surface area (Å²) in [5, 5.41) is 0. The Hall–Kier alpha value is -0.560. The highest BCUT2D eigenvalue weighted by atomic mass is 16.6. The normalized spacial score (nSPS) is 23.9. The van der Waals surface area contributed by atoms with E-state index in [1.165, 1.54) is 0 Å². The fourth-order valence-electron chi connectivity index (χ4n) is 0.976. The van der Waals surface area contributed by atoms with Gasteiger partial charge in [-0.3, -0.25) is 0 Å². The second-order valence-corrected chi connectivity index (χ2v) is 3.53. The zero-order valence-corrected chi connectivity index (χ0v) is 8.21. The van der Waals surface area contributed by atoms with Crippen molar-refractivity contribution in [2.24, 2.45) is 0 Å². The summed E-state index contributed by atoms with van der Waals surface area (Å²) in [7, 11) is 0. The van der Waals surface area contributed by atoms with Crippen molar-refractivity contribution in [3.8, 4) is 12.3 Å². The van der Waals surface area contributed by atoms with Gasteiger partial charge in [0.1, 0.15) is 11.7 Å². The van der Waals surface area contributed by atoms with E-state index < -0.39 is 5.60 Å². The summed E-state index contributed by atoms with van der Waals surface area (Å²) in [6.45, 7) is 6.13. The van der Waals surface area contributed by atoms with Gasteiger partial charge in [-0.2, -0.15) is 0 Å². The van der Waals surface area contributed by atoms with Crippen LogP contribution in [-0.2, 0) is 14.2 Å². The van der Waals surface area contributed by atoms with Gasteiger partial charge in [-0.15, -0.1) is 6.42 Å². The minimum Gasteiger partial charge on any atom is -0.376 e. The summed E-state index contributed by atoms with van der Waals surface area (Å²) in [6.07, 6.45) is 5.30. The molecule has 0 spiro atoms. The van der Waals surface area contributed by atoms with E-state index in [2.05, 4.69) is 5.92 Å². The van der Waals surface area contributed by atoms with Gasteiger partial charge in [0.15, 0.2) is 0 Å². The van der Waals surface area contributed by atoms with Crippen molar-refractivity contribution < 1.29 is 14.2 Å². The minimum atomic E-state index is -0.513. The lowest BCUT2D eigenvalue weighted by atomic mass is 10.1. The number of ether oxygens (including phenoxy) is 3. The molecule has 13 heavy (non-hydrogen) atoms. The minimum absolute atomic E-state index is 0.0291. The molecular weight excluding hydrogens is 168 g/mol. The molecule has 3 nitrogen and oxygen atoms in total. The first-order valence-electron chi connectivity index (χ1n) is 4.45. The number of hydrogen-bond acceptors (Lipinski definition) is 3. The van der Waals surface area contributed by atoms with Gasteiger partial charge in [0.05, 0.1) is 26.4 Å². The Balaban J connectivity index is 2.22. The van der Waals surface area contributed by atoms with Gasteiger partial charge in [0.2, 0.25) is 0 Å². The molecule has 1 aliphatic heterocycles. The van der Waals surface area contributed by atoms with E-state index in [-0.39, 0.29) is 6.10 Å². The predicted octanol–water partition coefficient (Wildman–Crippen LogP) is 0.830. The number of hydrogen-bond donors (Lipinski definition) is 0. The molecular formula is C10H16O3. The number of terminal acetylenes is 1. The summed E-state index contributed by atoms with van der Waals surface area (Å²) in [4.78, 5) is 0. The van der Waals surface area contributed by atoms with E-state index in [0.29, 0.717) is 26.4 Å². The highest BCUT2D eigenvalue weighted by molar-refractivity contribution is 5.02. The standard InChI is InChI=1S/C10H16O3/c1-4-10(2,3)13-8-9-7-11-5-6-12-9/h1,9H,5-8H2,2-3H3. The van der Waals surface area contributed by atoms with Gasteiger partial charge in [0.25, 0.3) is 0 Å². The van der Waals surface area contributed by atoms with Crippen molar-refractivity contribution in [2.75, 3.05) is 26.4 Å². The summed E-state index contributed by atoms with van der Waals surface area (Å²) < 4.78 is 16.1. The molecule has 0 aliphatic carbocycles. The Morgan fingerprint density at radius 1 is 1.54 bits per heavy atom. The van der Waals surface area contributed by atoms with Crippen LogP contribution >= 0.6 is 0 Å². The molecule has 0 amide bonds. The molecule has 74 valence electrons. The first kappa shape index (κ1) is 10.5. The third kappa shape index (κ3) is 3.77. The monoisotopic (exact) mass is 184 g/mol. The van der Waals surface area contributed by atoms with Crippen LogP contribution in [0, 0.1) is 12.3 Å². The largest absolute Gasteiger partial charge is 0.376 e. The smallest absolute Gasteiger partial charge is 0.122 e. The van der Waals surface area contributed by atoms with Crippen LogP contribution in [0.25, 0.3) is 0 Å². The fraction of sp³-hybridized carbons (Fsp3) is 0.800. The first-order valence-corrected chi connectivity index (χ1v) is 4.45. The van der Waals surface area contributed by atoms with Gasteiger partial charge < -0.3 is 14.2 Å². The molecule has 0 bridgehead atoms. The summed E-state index contributed by atoms with van der Waals surface area (Å²) in [5.74, 6) is 2.56. The van der Waals surface area contributed by atoms with Crippen LogP contribution < -0.4 is 0 Å².